The first-order valence-electron chi connectivity index (χ1n) is 6.45. The fourth-order valence-corrected chi connectivity index (χ4v) is 2.54. The van der Waals surface area contributed by atoms with Crippen molar-refractivity contribution >= 4 is 22.4 Å². The number of alkyl halides is 3. The summed E-state index contributed by atoms with van der Waals surface area (Å²) in [5.74, 6) is -0.197. The van der Waals surface area contributed by atoms with Gasteiger partial charge < -0.3 is 9.64 Å². The van der Waals surface area contributed by atoms with Crippen LogP contribution in [0.25, 0.3) is 10.8 Å². The predicted molar refractivity (Wildman–Crippen MR) is 72.5 cm³/mol. The van der Waals surface area contributed by atoms with Gasteiger partial charge in [0.05, 0.1) is 12.3 Å². The number of halogens is 3. The normalized spacial score (nSPS) is 14.2. The second-order valence-electron chi connectivity index (χ2n) is 4.81. The number of anilines is 1. The van der Waals surface area contributed by atoms with Crippen molar-refractivity contribution in [1.29, 1.82) is 0 Å². The molecule has 0 atom stereocenters. The average molecular weight is 295 g/mol. The van der Waals surface area contributed by atoms with Crippen LogP contribution in [0.15, 0.2) is 36.4 Å². The molecule has 110 valence electrons. The minimum Gasteiger partial charge on any atom is -0.370 e. The summed E-state index contributed by atoms with van der Waals surface area (Å²) in [5, 5.41) is 1.79. The molecular formula is C15H12F3NO2. The monoisotopic (exact) mass is 295 g/mol. The van der Waals surface area contributed by atoms with E-state index in [1.165, 1.54) is 4.90 Å². The molecule has 0 saturated carbocycles. The fourth-order valence-electron chi connectivity index (χ4n) is 2.54. The minimum atomic E-state index is -4.35. The van der Waals surface area contributed by atoms with E-state index in [-0.39, 0.29) is 19.1 Å². The van der Waals surface area contributed by atoms with Gasteiger partial charge in [-0.3, -0.25) is 4.79 Å². The maximum atomic E-state index is 12.3. The number of hydrogen-bond donors (Lipinski definition) is 0. The first-order chi connectivity index (χ1) is 9.97. The standard InChI is InChI=1S/C15H12F3NO2/c16-15(17,18)9-21-8-7-19-12-6-2-4-10-3-1-5-11(13(10)12)14(19)20/h1-6H,7-9H2. The third-order valence-corrected chi connectivity index (χ3v) is 3.37. The van der Waals surface area contributed by atoms with Crippen LogP contribution in [0.5, 0.6) is 0 Å². The lowest BCUT2D eigenvalue weighted by Gasteiger charge is -2.18. The number of amides is 1. The molecule has 0 unspecified atom stereocenters. The number of hydrogen-bond acceptors (Lipinski definition) is 2. The third-order valence-electron chi connectivity index (χ3n) is 3.37. The number of rotatable bonds is 4. The predicted octanol–water partition coefficient (Wildman–Crippen LogP) is 3.38. The molecule has 1 heterocycles. The van der Waals surface area contributed by atoms with Gasteiger partial charge in [-0.25, -0.2) is 0 Å². The van der Waals surface area contributed by atoms with Crippen LogP contribution in [0.3, 0.4) is 0 Å². The molecule has 0 radical (unpaired) electrons. The highest BCUT2D eigenvalue weighted by molar-refractivity contribution is 6.24. The molecule has 6 heteroatoms. The van der Waals surface area contributed by atoms with E-state index in [0.29, 0.717) is 5.56 Å². The van der Waals surface area contributed by atoms with Gasteiger partial charge in [-0.15, -0.1) is 0 Å². The Labute approximate surface area is 118 Å². The number of nitrogens with zero attached hydrogens (tertiary/aromatic N) is 1. The van der Waals surface area contributed by atoms with Crippen LogP contribution in [0.4, 0.5) is 18.9 Å². The van der Waals surface area contributed by atoms with E-state index in [1.54, 1.807) is 18.2 Å². The number of benzene rings is 2. The maximum Gasteiger partial charge on any atom is 0.411 e. The van der Waals surface area contributed by atoms with Gasteiger partial charge in [0.25, 0.3) is 5.91 Å². The summed E-state index contributed by atoms with van der Waals surface area (Å²) >= 11 is 0. The molecule has 0 fully saturated rings. The molecule has 1 aliphatic heterocycles. The number of carbonyl (C=O) groups is 1. The molecule has 0 N–H and O–H groups in total. The zero-order chi connectivity index (χ0) is 15.0. The number of ether oxygens (including phenoxy) is 1. The van der Waals surface area contributed by atoms with E-state index in [0.717, 1.165) is 16.5 Å². The molecule has 0 spiro atoms. The maximum absolute atomic E-state index is 12.3. The summed E-state index contributed by atoms with van der Waals surface area (Å²) < 4.78 is 40.7. The Kier molecular flexibility index (Phi) is 3.33. The second-order valence-corrected chi connectivity index (χ2v) is 4.81. The summed E-state index contributed by atoms with van der Waals surface area (Å²) in [4.78, 5) is 13.8. The quantitative estimate of drug-likeness (QED) is 0.809. The summed E-state index contributed by atoms with van der Waals surface area (Å²) in [6.45, 7) is -1.36. The Balaban J connectivity index is 1.77. The van der Waals surface area contributed by atoms with Crippen molar-refractivity contribution < 1.29 is 22.7 Å². The van der Waals surface area contributed by atoms with Crippen LogP contribution in [0.1, 0.15) is 10.4 Å². The van der Waals surface area contributed by atoms with Crippen molar-refractivity contribution in [1.82, 2.24) is 0 Å². The van der Waals surface area contributed by atoms with Crippen LogP contribution in [0, 0.1) is 0 Å². The zero-order valence-electron chi connectivity index (χ0n) is 11.0. The van der Waals surface area contributed by atoms with E-state index in [2.05, 4.69) is 4.74 Å². The van der Waals surface area contributed by atoms with Crippen LogP contribution in [-0.2, 0) is 4.74 Å². The number of carbonyl (C=O) groups excluding carboxylic acids is 1. The van der Waals surface area contributed by atoms with Gasteiger partial charge >= 0.3 is 6.18 Å². The van der Waals surface area contributed by atoms with Gasteiger partial charge in [-0.05, 0) is 17.5 Å². The SMILES string of the molecule is O=C1c2cccc3cccc(c23)N1CCOCC(F)(F)F. The summed E-state index contributed by atoms with van der Waals surface area (Å²) in [6, 6.07) is 10.9. The van der Waals surface area contributed by atoms with E-state index in [9.17, 15) is 18.0 Å². The van der Waals surface area contributed by atoms with Crippen molar-refractivity contribution in [3.8, 4) is 0 Å². The Morgan fingerprint density at radius 1 is 1.10 bits per heavy atom. The largest absolute Gasteiger partial charge is 0.411 e. The Morgan fingerprint density at radius 3 is 2.52 bits per heavy atom. The lowest BCUT2D eigenvalue weighted by Crippen LogP contribution is -2.31. The molecule has 2 aromatic carbocycles. The van der Waals surface area contributed by atoms with Crippen molar-refractivity contribution in [3.05, 3.63) is 42.0 Å². The minimum absolute atomic E-state index is 0.0999. The molecule has 1 amide bonds. The van der Waals surface area contributed by atoms with Crippen molar-refractivity contribution in [2.24, 2.45) is 0 Å². The Morgan fingerprint density at radius 2 is 1.81 bits per heavy atom. The molecule has 2 aromatic rings. The Bertz CT molecular complexity index is 692. The van der Waals surface area contributed by atoms with Gasteiger partial charge in [0.1, 0.15) is 6.61 Å². The van der Waals surface area contributed by atoms with Crippen LogP contribution < -0.4 is 4.90 Å². The molecular weight excluding hydrogens is 283 g/mol. The molecule has 0 aromatic heterocycles. The van der Waals surface area contributed by atoms with E-state index in [4.69, 9.17) is 0 Å². The van der Waals surface area contributed by atoms with Gasteiger partial charge in [-0.2, -0.15) is 13.2 Å². The summed E-state index contributed by atoms with van der Waals surface area (Å²) in [5.41, 5.74) is 1.31. The fraction of sp³-hybridized carbons (Fsp3) is 0.267. The van der Waals surface area contributed by atoms with Crippen molar-refractivity contribution in [3.63, 3.8) is 0 Å². The molecule has 0 saturated heterocycles. The highest BCUT2D eigenvalue weighted by Crippen LogP contribution is 2.36. The van der Waals surface area contributed by atoms with Crippen LogP contribution in [0.2, 0.25) is 0 Å². The molecule has 3 nitrogen and oxygen atoms in total. The van der Waals surface area contributed by atoms with Crippen LogP contribution in [-0.4, -0.2) is 31.8 Å². The van der Waals surface area contributed by atoms with Gasteiger partial charge in [0, 0.05) is 17.5 Å². The topological polar surface area (TPSA) is 29.5 Å². The lowest BCUT2D eigenvalue weighted by atomic mass is 10.1. The lowest BCUT2D eigenvalue weighted by molar-refractivity contribution is -0.173. The van der Waals surface area contributed by atoms with Gasteiger partial charge in [-0.1, -0.05) is 24.3 Å². The summed E-state index contributed by atoms with van der Waals surface area (Å²) in [6.07, 6.45) is -4.35. The van der Waals surface area contributed by atoms with Crippen LogP contribution >= 0.6 is 0 Å². The highest BCUT2D eigenvalue weighted by Gasteiger charge is 2.30. The van der Waals surface area contributed by atoms with Gasteiger partial charge in [0.2, 0.25) is 0 Å². The van der Waals surface area contributed by atoms with E-state index >= 15 is 0 Å². The van der Waals surface area contributed by atoms with Crippen molar-refractivity contribution in [2.75, 3.05) is 24.7 Å². The molecule has 1 aliphatic rings. The van der Waals surface area contributed by atoms with Gasteiger partial charge in [0.15, 0.2) is 0 Å². The first-order valence-corrected chi connectivity index (χ1v) is 6.45. The summed E-state index contributed by atoms with van der Waals surface area (Å²) in [7, 11) is 0. The molecule has 0 aliphatic carbocycles. The van der Waals surface area contributed by atoms with E-state index in [1.807, 2.05) is 18.2 Å². The third kappa shape index (κ3) is 2.58. The Hall–Kier alpha value is -2.08. The second kappa shape index (κ2) is 5.04. The van der Waals surface area contributed by atoms with Crippen molar-refractivity contribution in [2.45, 2.75) is 6.18 Å². The first kappa shape index (κ1) is 13.9. The molecule has 3 rings (SSSR count). The molecule has 0 bridgehead atoms. The molecule has 21 heavy (non-hydrogen) atoms. The zero-order valence-corrected chi connectivity index (χ0v) is 11.0. The van der Waals surface area contributed by atoms with E-state index < -0.39 is 12.8 Å². The smallest absolute Gasteiger partial charge is 0.370 e. The highest BCUT2D eigenvalue weighted by atomic mass is 19.4. The average Bonchev–Trinajstić information content (AvgIpc) is 2.70.